The Morgan fingerprint density at radius 1 is 1.38 bits per heavy atom. The number of hydrogen-bond donors (Lipinski definition) is 0. The standard InChI is InChI=1S/C8H8N2O3/c9-3-6(4-10)8(11)7-5-12-1-2-13-7/h6-7H,1-2,5H2. The van der Waals surface area contributed by atoms with Gasteiger partial charge in [-0.2, -0.15) is 10.5 Å². The molecule has 0 amide bonds. The summed E-state index contributed by atoms with van der Waals surface area (Å²) in [7, 11) is 0. The van der Waals surface area contributed by atoms with Gasteiger partial charge in [0.05, 0.1) is 32.0 Å². The normalized spacial score (nSPS) is 21.9. The van der Waals surface area contributed by atoms with Gasteiger partial charge in [-0.1, -0.05) is 0 Å². The van der Waals surface area contributed by atoms with Crippen molar-refractivity contribution in [3.8, 4) is 12.1 Å². The third-order valence-corrected chi connectivity index (χ3v) is 1.68. The number of ether oxygens (including phenoxy) is 2. The lowest BCUT2D eigenvalue weighted by Gasteiger charge is -2.21. The molecule has 1 rings (SSSR count). The summed E-state index contributed by atoms with van der Waals surface area (Å²) in [4.78, 5) is 11.3. The van der Waals surface area contributed by atoms with Crippen LogP contribution in [-0.4, -0.2) is 31.7 Å². The van der Waals surface area contributed by atoms with Crippen molar-refractivity contribution in [1.82, 2.24) is 0 Å². The third-order valence-electron chi connectivity index (χ3n) is 1.68. The molecule has 0 aromatic rings. The number of nitrogens with zero attached hydrogens (tertiary/aromatic N) is 2. The van der Waals surface area contributed by atoms with E-state index in [9.17, 15) is 4.79 Å². The van der Waals surface area contributed by atoms with Gasteiger partial charge in [-0.25, -0.2) is 0 Å². The van der Waals surface area contributed by atoms with Gasteiger partial charge in [0.1, 0.15) is 6.10 Å². The van der Waals surface area contributed by atoms with E-state index in [0.29, 0.717) is 13.2 Å². The van der Waals surface area contributed by atoms with E-state index in [2.05, 4.69) is 0 Å². The van der Waals surface area contributed by atoms with Crippen LogP contribution in [0.2, 0.25) is 0 Å². The molecular weight excluding hydrogens is 172 g/mol. The van der Waals surface area contributed by atoms with Crippen LogP contribution in [0.5, 0.6) is 0 Å². The van der Waals surface area contributed by atoms with Gasteiger partial charge in [0.15, 0.2) is 11.7 Å². The molecule has 0 bridgehead atoms. The van der Waals surface area contributed by atoms with Crippen molar-refractivity contribution in [3.05, 3.63) is 0 Å². The summed E-state index contributed by atoms with van der Waals surface area (Å²) in [6.45, 7) is 0.923. The van der Waals surface area contributed by atoms with Gasteiger partial charge in [-0.3, -0.25) is 4.79 Å². The summed E-state index contributed by atoms with van der Waals surface area (Å²) in [5.41, 5.74) is 0. The van der Waals surface area contributed by atoms with E-state index < -0.39 is 17.8 Å². The van der Waals surface area contributed by atoms with Crippen LogP contribution in [0.25, 0.3) is 0 Å². The molecular formula is C8H8N2O3. The molecule has 0 aromatic heterocycles. The summed E-state index contributed by atoms with van der Waals surface area (Å²) in [5.74, 6) is -1.75. The Kier molecular flexibility index (Phi) is 3.39. The van der Waals surface area contributed by atoms with Crippen molar-refractivity contribution >= 4 is 5.78 Å². The fourth-order valence-corrected chi connectivity index (χ4v) is 0.994. The smallest absolute Gasteiger partial charge is 0.195 e. The Bertz CT molecular complexity index is 256. The minimum atomic E-state index is -1.24. The van der Waals surface area contributed by atoms with Gasteiger partial charge in [-0.05, 0) is 0 Å². The van der Waals surface area contributed by atoms with Crippen molar-refractivity contribution in [2.24, 2.45) is 5.92 Å². The third kappa shape index (κ3) is 2.25. The largest absolute Gasteiger partial charge is 0.376 e. The first-order valence-corrected chi connectivity index (χ1v) is 3.82. The Balaban J connectivity index is 2.56. The lowest BCUT2D eigenvalue weighted by molar-refractivity contribution is -0.146. The molecule has 1 heterocycles. The topological polar surface area (TPSA) is 83.1 Å². The highest BCUT2D eigenvalue weighted by Crippen LogP contribution is 2.07. The van der Waals surface area contributed by atoms with Crippen LogP contribution in [0.1, 0.15) is 0 Å². The maximum atomic E-state index is 11.3. The van der Waals surface area contributed by atoms with Crippen LogP contribution >= 0.6 is 0 Å². The Labute approximate surface area is 75.5 Å². The molecule has 1 saturated heterocycles. The van der Waals surface area contributed by atoms with Crippen LogP contribution in [-0.2, 0) is 14.3 Å². The van der Waals surface area contributed by atoms with Gasteiger partial charge >= 0.3 is 0 Å². The van der Waals surface area contributed by atoms with Crippen molar-refractivity contribution < 1.29 is 14.3 Å². The highest BCUT2D eigenvalue weighted by Gasteiger charge is 2.29. The lowest BCUT2D eigenvalue weighted by atomic mass is 10.0. The molecule has 13 heavy (non-hydrogen) atoms. The molecule has 0 N–H and O–H groups in total. The van der Waals surface area contributed by atoms with Crippen LogP contribution in [0.3, 0.4) is 0 Å². The van der Waals surface area contributed by atoms with Gasteiger partial charge < -0.3 is 9.47 Å². The molecule has 0 aromatic carbocycles. The first kappa shape index (κ1) is 9.66. The van der Waals surface area contributed by atoms with E-state index in [-0.39, 0.29) is 6.61 Å². The summed E-state index contributed by atoms with van der Waals surface area (Å²) in [6, 6.07) is 3.21. The van der Waals surface area contributed by atoms with E-state index >= 15 is 0 Å². The quantitative estimate of drug-likeness (QED) is 0.579. The number of carbonyl (C=O) groups excluding carboxylic acids is 1. The highest BCUT2D eigenvalue weighted by atomic mass is 16.6. The molecule has 68 valence electrons. The zero-order valence-electron chi connectivity index (χ0n) is 6.90. The summed E-state index contributed by atoms with van der Waals surface area (Å²) >= 11 is 0. The van der Waals surface area contributed by atoms with Gasteiger partial charge in [0, 0.05) is 0 Å². The molecule has 1 aliphatic heterocycles. The number of Topliss-reactive ketones (excluding diaryl/α,β-unsaturated/α-hetero) is 1. The average molecular weight is 180 g/mol. The second kappa shape index (κ2) is 4.56. The van der Waals surface area contributed by atoms with Crippen molar-refractivity contribution in [2.75, 3.05) is 19.8 Å². The predicted molar refractivity (Wildman–Crippen MR) is 40.3 cm³/mol. The fraction of sp³-hybridized carbons (Fsp3) is 0.625. The van der Waals surface area contributed by atoms with Gasteiger partial charge in [-0.15, -0.1) is 0 Å². The maximum absolute atomic E-state index is 11.3. The first-order valence-electron chi connectivity index (χ1n) is 3.82. The number of ketones is 1. The highest BCUT2D eigenvalue weighted by molar-refractivity contribution is 5.89. The summed E-state index contributed by atoms with van der Waals surface area (Å²) in [6.07, 6.45) is -0.752. The molecule has 0 aliphatic carbocycles. The van der Waals surface area contributed by atoms with Gasteiger partial charge in [0.25, 0.3) is 0 Å². The molecule has 1 aliphatic rings. The monoisotopic (exact) mass is 180 g/mol. The first-order chi connectivity index (χ1) is 6.29. The van der Waals surface area contributed by atoms with Crippen LogP contribution in [0.15, 0.2) is 0 Å². The molecule has 0 radical (unpaired) electrons. The number of hydrogen-bond acceptors (Lipinski definition) is 5. The molecule has 5 heteroatoms. The Morgan fingerprint density at radius 2 is 2.08 bits per heavy atom. The van der Waals surface area contributed by atoms with Gasteiger partial charge in [0.2, 0.25) is 0 Å². The number of carbonyl (C=O) groups is 1. The van der Waals surface area contributed by atoms with Crippen molar-refractivity contribution in [1.29, 1.82) is 10.5 Å². The summed E-state index contributed by atoms with van der Waals surface area (Å²) in [5, 5.41) is 16.9. The molecule has 1 fully saturated rings. The van der Waals surface area contributed by atoms with Crippen LogP contribution in [0, 0.1) is 28.6 Å². The van der Waals surface area contributed by atoms with Crippen molar-refractivity contribution in [2.45, 2.75) is 6.10 Å². The molecule has 0 saturated carbocycles. The molecule has 5 nitrogen and oxygen atoms in total. The van der Waals surface area contributed by atoms with E-state index in [1.165, 1.54) is 0 Å². The minimum absolute atomic E-state index is 0.138. The second-order valence-electron chi connectivity index (χ2n) is 2.53. The molecule has 0 spiro atoms. The number of rotatable bonds is 2. The fourth-order valence-electron chi connectivity index (χ4n) is 0.994. The van der Waals surface area contributed by atoms with Crippen LogP contribution in [0.4, 0.5) is 0 Å². The zero-order valence-corrected chi connectivity index (χ0v) is 6.90. The van der Waals surface area contributed by atoms with E-state index in [0.717, 1.165) is 0 Å². The second-order valence-corrected chi connectivity index (χ2v) is 2.53. The zero-order chi connectivity index (χ0) is 9.68. The molecule has 1 unspecified atom stereocenters. The molecule has 1 atom stereocenters. The van der Waals surface area contributed by atoms with E-state index in [1.54, 1.807) is 12.1 Å². The SMILES string of the molecule is N#CC(C#N)C(=O)C1COCCO1. The van der Waals surface area contributed by atoms with E-state index in [1.807, 2.05) is 0 Å². The Hall–Kier alpha value is -1.43. The predicted octanol–water partition coefficient (Wildman–Crippen LogP) is -0.366. The summed E-state index contributed by atoms with van der Waals surface area (Å²) < 4.78 is 10.0. The average Bonchev–Trinajstić information content (AvgIpc) is 2.21. The Morgan fingerprint density at radius 3 is 2.54 bits per heavy atom. The van der Waals surface area contributed by atoms with E-state index in [4.69, 9.17) is 20.0 Å². The maximum Gasteiger partial charge on any atom is 0.195 e. The minimum Gasteiger partial charge on any atom is -0.376 e. The number of nitriles is 2. The van der Waals surface area contributed by atoms with Crippen molar-refractivity contribution in [3.63, 3.8) is 0 Å². The van der Waals surface area contributed by atoms with Crippen LogP contribution < -0.4 is 0 Å². The lowest BCUT2D eigenvalue weighted by Crippen LogP contribution is -2.38.